The molecule has 0 bridgehead atoms. The van der Waals surface area contributed by atoms with E-state index in [1.165, 1.54) is 12.1 Å². The number of benzene rings is 1. The zero-order chi connectivity index (χ0) is 21.1. The summed E-state index contributed by atoms with van der Waals surface area (Å²) in [7, 11) is -3.95. The highest BCUT2D eigenvalue weighted by Crippen LogP contribution is 2.37. The van der Waals surface area contributed by atoms with Gasteiger partial charge in [0, 0.05) is 10.5 Å². The third-order valence-electron chi connectivity index (χ3n) is 4.84. The van der Waals surface area contributed by atoms with Gasteiger partial charge in [-0.1, -0.05) is 36.2 Å². The quantitative estimate of drug-likeness (QED) is 0.640. The molecule has 1 fully saturated rings. The summed E-state index contributed by atoms with van der Waals surface area (Å²) in [5, 5.41) is 2.61. The molecule has 158 valence electrons. The van der Waals surface area contributed by atoms with Gasteiger partial charge in [0.1, 0.15) is 6.04 Å². The highest BCUT2D eigenvalue weighted by atomic mass is 79.9. The average molecular weight is 485 g/mol. The predicted octanol–water partition coefficient (Wildman–Crippen LogP) is 3.99. The van der Waals surface area contributed by atoms with Gasteiger partial charge in [-0.15, -0.1) is 0 Å². The van der Waals surface area contributed by atoms with Crippen LogP contribution in [-0.4, -0.2) is 32.6 Å². The van der Waals surface area contributed by atoms with Gasteiger partial charge in [-0.3, -0.25) is 4.79 Å². The summed E-state index contributed by atoms with van der Waals surface area (Å²) >= 11 is 3.22. The molecule has 0 aromatic heterocycles. The molecule has 2 N–H and O–H groups in total. The summed E-state index contributed by atoms with van der Waals surface area (Å²) in [4.78, 5) is 12.6. The van der Waals surface area contributed by atoms with Gasteiger partial charge in [-0.05, 0) is 49.4 Å². The van der Waals surface area contributed by atoms with Crippen LogP contribution in [0.2, 0.25) is 0 Å². The lowest BCUT2D eigenvalue weighted by Crippen LogP contribution is -2.53. The molecule has 1 aliphatic rings. The molecule has 1 saturated carbocycles. The number of amides is 1. The first-order valence-electron chi connectivity index (χ1n) is 9.05. The van der Waals surface area contributed by atoms with E-state index in [4.69, 9.17) is 0 Å². The van der Waals surface area contributed by atoms with Crippen molar-refractivity contribution in [3.8, 4) is 0 Å². The van der Waals surface area contributed by atoms with Gasteiger partial charge >= 0.3 is 6.18 Å². The van der Waals surface area contributed by atoms with Gasteiger partial charge in [0.15, 0.2) is 0 Å². The van der Waals surface area contributed by atoms with Crippen LogP contribution in [0.1, 0.15) is 39.5 Å². The van der Waals surface area contributed by atoms with Crippen molar-refractivity contribution in [2.45, 2.75) is 62.7 Å². The first kappa shape index (κ1) is 23.2. The lowest BCUT2D eigenvalue weighted by Gasteiger charge is -2.32. The van der Waals surface area contributed by atoms with E-state index in [9.17, 15) is 26.4 Å². The molecule has 10 heteroatoms. The molecule has 1 aromatic rings. The maximum absolute atomic E-state index is 13.0. The fraction of sp³-hybridized carbons (Fsp3) is 0.611. The Hall–Kier alpha value is -1.13. The van der Waals surface area contributed by atoms with Crippen LogP contribution in [0.3, 0.4) is 0 Å². The largest absolute Gasteiger partial charge is 0.391 e. The van der Waals surface area contributed by atoms with E-state index in [1.807, 2.05) is 0 Å². The van der Waals surface area contributed by atoms with Gasteiger partial charge in [0.05, 0.1) is 10.8 Å². The van der Waals surface area contributed by atoms with Gasteiger partial charge in [0.25, 0.3) is 0 Å². The Morgan fingerprint density at radius 3 is 2.32 bits per heavy atom. The molecule has 3 atom stereocenters. The molecule has 0 spiro atoms. The fourth-order valence-corrected chi connectivity index (χ4v) is 4.86. The van der Waals surface area contributed by atoms with E-state index in [1.54, 1.807) is 26.0 Å². The minimum atomic E-state index is -4.29. The van der Waals surface area contributed by atoms with E-state index >= 15 is 0 Å². The number of halogens is 4. The first-order chi connectivity index (χ1) is 12.9. The van der Waals surface area contributed by atoms with Crippen LogP contribution in [0, 0.1) is 11.8 Å². The minimum absolute atomic E-state index is 0.00366. The zero-order valence-corrected chi connectivity index (χ0v) is 18.0. The summed E-state index contributed by atoms with van der Waals surface area (Å²) in [6, 6.07) is 4.23. The number of rotatable bonds is 6. The molecule has 1 amide bonds. The zero-order valence-electron chi connectivity index (χ0n) is 15.6. The molecule has 1 aromatic carbocycles. The number of hydrogen-bond acceptors (Lipinski definition) is 3. The van der Waals surface area contributed by atoms with Gasteiger partial charge in [0.2, 0.25) is 15.9 Å². The van der Waals surface area contributed by atoms with Crippen LogP contribution in [-0.2, 0) is 14.8 Å². The van der Waals surface area contributed by atoms with Crippen molar-refractivity contribution >= 4 is 31.9 Å². The van der Waals surface area contributed by atoms with Crippen molar-refractivity contribution < 1.29 is 26.4 Å². The Balaban J connectivity index is 2.08. The number of carbonyl (C=O) groups excluding carboxylic acids is 1. The molecule has 1 aliphatic carbocycles. The lowest BCUT2D eigenvalue weighted by molar-refractivity contribution is -0.184. The van der Waals surface area contributed by atoms with E-state index in [-0.39, 0.29) is 23.7 Å². The lowest BCUT2D eigenvalue weighted by atomic mass is 9.85. The molecule has 0 aliphatic heterocycles. The van der Waals surface area contributed by atoms with Crippen molar-refractivity contribution in [1.29, 1.82) is 0 Å². The second-order valence-electron chi connectivity index (χ2n) is 7.41. The molecule has 28 heavy (non-hydrogen) atoms. The van der Waals surface area contributed by atoms with E-state index in [2.05, 4.69) is 26.0 Å². The Kier molecular flexibility index (Phi) is 7.55. The van der Waals surface area contributed by atoms with E-state index in [0.29, 0.717) is 17.3 Å². The minimum Gasteiger partial charge on any atom is -0.352 e. The Morgan fingerprint density at radius 1 is 1.18 bits per heavy atom. The number of nitrogens with one attached hydrogen (secondary N) is 2. The van der Waals surface area contributed by atoms with Crippen LogP contribution >= 0.6 is 15.9 Å². The number of sulfonamides is 1. The Bertz CT molecular complexity index is 782. The molecule has 2 unspecified atom stereocenters. The molecule has 0 heterocycles. The van der Waals surface area contributed by atoms with Crippen molar-refractivity contribution in [3.63, 3.8) is 0 Å². The van der Waals surface area contributed by atoms with E-state index < -0.39 is 40.1 Å². The number of alkyl halides is 3. The smallest absolute Gasteiger partial charge is 0.352 e. The molecule has 5 nitrogen and oxygen atoms in total. The average Bonchev–Trinajstić information content (AvgIpc) is 2.59. The van der Waals surface area contributed by atoms with Gasteiger partial charge in [-0.2, -0.15) is 17.9 Å². The van der Waals surface area contributed by atoms with Crippen molar-refractivity contribution in [3.05, 3.63) is 28.7 Å². The predicted molar refractivity (Wildman–Crippen MR) is 103 cm³/mol. The summed E-state index contributed by atoms with van der Waals surface area (Å²) < 4.78 is 67.2. The number of hydrogen-bond donors (Lipinski definition) is 2. The summed E-state index contributed by atoms with van der Waals surface area (Å²) in [5.41, 5.74) is 0. The van der Waals surface area contributed by atoms with Crippen LogP contribution in [0.4, 0.5) is 13.2 Å². The first-order valence-corrected chi connectivity index (χ1v) is 11.3. The maximum Gasteiger partial charge on any atom is 0.391 e. The molecule has 2 rings (SSSR count). The number of carbonyl (C=O) groups is 1. The van der Waals surface area contributed by atoms with Gasteiger partial charge < -0.3 is 5.32 Å². The van der Waals surface area contributed by atoms with Crippen molar-refractivity contribution in [2.24, 2.45) is 11.8 Å². The summed E-state index contributed by atoms with van der Waals surface area (Å²) in [5.74, 6) is -2.43. The van der Waals surface area contributed by atoms with Crippen molar-refractivity contribution in [2.75, 3.05) is 0 Å². The third-order valence-corrected chi connectivity index (χ3v) is 6.82. The van der Waals surface area contributed by atoms with Crippen molar-refractivity contribution in [1.82, 2.24) is 10.0 Å². The fourth-order valence-electron chi connectivity index (χ4n) is 3.25. The van der Waals surface area contributed by atoms with Crippen LogP contribution in [0.25, 0.3) is 0 Å². The summed E-state index contributed by atoms with van der Waals surface area (Å²) in [6.45, 7) is 3.35. The highest BCUT2D eigenvalue weighted by Gasteiger charge is 2.42. The SMILES string of the molecule is CC(C)[C@H](NS(=O)(=O)c1ccc(Br)cc1)C(=O)NC1CCCC(C(F)(F)F)C1. The molecular weight excluding hydrogens is 461 g/mol. The maximum atomic E-state index is 13.0. The van der Waals surface area contributed by atoms with E-state index in [0.717, 1.165) is 0 Å². The highest BCUT2D eigenvalue weighted by molar-refractivity contribution is 9.10. The summed E-state index contributed by atoms with van der Waals surface area (Å²) in [6.07, 6.45) is -3.60. The normalized spacial score (nSPS) is 22.1. The Labute approximate surface area is 171 Å². The van der Waals surface area contributed by atoms with Gasteiger partial charge in [-0.25, -0.2) is 8.42 Å². The van der Waals surface area contributed by atoms with Crippen LogP contribution in [0.15, 0.2) is 33.6 Å². The molecule has 0 radical (unpaired) electrons. The third kappa shape index (κ3) is 6.18. The molecule has 0 saturated heterocycles. The monoisotopic (exact) mass is 484 g/mol. The van der Waals surface area contributed by atoms with Crippen LogP contribution < -0.4 is 10.0 Å². The second-order valence-corrected chi connectivity index (χ2v) is 10.0. The standard InChI is InChI=1S/C18H24BrF3N2O3S/c1-11(2)16(24-28(26,27)15-8-6-13(19)7-9-15)17(25)23-14-5-3-4-12(10-14)18(20,21)22/h6-9,11-12,14,16,24H,3-5,10H2,1-2H3,(H,23,25)/t12?,14?,16-/m0/s1. The topological polar surface area (TPSA) is 75.3 Å². The van der Waals surface area contributed by atoms with Crippen LogP contribution in [0.5, 0.6) is 0 Å². The molecular formula is C18H24BrF3N2O3S. The second kappa shape index (κ2) is 9.13. The Morgan fingerprint density at radius 2 is 1.79 bits per heavy atom.